The summed E-state index contributed by atoms with van der Waals surface area (Å²) in [6.07, 6.45) is 1.05. The second-order valence-electron chi connectivity index (χ2n) is 6.73. The monoisotopic (exact) mass is 510 g/mol. The summed E-state index contributed by atoms with van der Waals surface area (Å²) >= 11 is 24.0. The van der Waals surface area contributed by atoms with Crippen LogP contribution in [0.4, 0.5) is 5.69 Å². The molecule has 6 nitrogen and oxygen atoms in total. The van der Waals surface area contributed by atoms with E-state index in [-0.39, 0.29) is 49.7 Å². The lowest BCUT2D eigenvalue weighted by atomic mass is 9.98. The summed E-state index contributed by atoms with van der Waals surface area (Å²) in [6.45, 7) is 0.304. The van der Waals surface area contributed by atoms with Gasteiger partial charge in [0.25, 0.3) is 0 Å². The maximum absolute atomic E-state index is 13.2. The molecule has 2 aromatic carbocycles. The second-order valence-corrected chi connectivity index (χ2v) is 10.3. The molecule has 1 aliphatic heterocycles. The highest BCUT2D eigenvalue weighted by molar-refractivity contribution is 7.89. The molecule has 3 rings (SSSR count). The predicted molar refractivity (Wildman–Crippen MR) is 120 cm³/mol. The van der Waals surface area contributed by atoms with Crippen LogP contribution in [0.1, 0.15) is 12.8 Å². The van der Waals surface area contributed by atoms with Gasteiger partial charge in [-0.25, -0.2) is 8.42 Å². The Morgan fingerprint density at radius 2 is 1.80 bits per heavy atom. The fraction of sp³-hybridized carbons (Fsp3) is 0.316. The number of ether oxygens (including phenoxy) is 1. The number of sulfonamides is 1. The number of rotatable bonds is 5. The zero-order chi connectivity index (χ0) is 22.1. The van der Waals surface area contributed by atoms with E-state index >= 15 is 0 Å². The number of benzene rings is 2. The molecule has 1 amide bonds. The van der Waals surface area contributed by atoms with E-state index in [0.29, 0.717) is 18.5 Å². The molecule has 0 spiro atoms. The summed E-state index contributed by atoms with van der Waals surface area (Å²) in [5.41, 5.74) is 0.313. The Labute approximate surface area is 195 Å². The third kappa shape index (κ3) is 4.98. The summed E-state index contributed by atoms with van der Waals surface area (Å²) in [4.78, 5) is 12.8. The molecule has 162 valence electrons. The van der Waals surface area contributed by atoms with E-state index in [0.717, 1.165) is 0 Å². The number of piperidine rings is 1. The van der Waals surface area contributed by atoms with Crippen LogP contribution in [0.3, 0.4) is 0 Å². The van der Waals surface area contributed by atoms with Crippen molar-refractivity contribution >= 4 is 68.0 Å². The van der Waals surface area contributed by atoms with Crippen LogP contribution in [-0.4, -0.2) is 38.8 Å². The first-order valence-electron chi connectivity index (χ1n) is 8.92. The Morgan fingerprint density at radius 3 is 2.50 bits per heavy atom. The van der Waals surface area contributed by atoms with Crippen LogP contribution in [0, 0.1) is 5.92 Å². The number of nitrogens with one attached hydrogen (secondary N) is 1. The van der Waals surface area contributed by atoms with E-state index in [1.807, 2.05) is 0 Å². The van der Waals surface area contributed by atoms with E-state index in [4.69, 9.17) is 51.1 Å². The SMILES string of the molecule is COc1ccc(Cl)cc1S(=O)(=O)N1CCC[C@H](C(=O)Nc2cc(Cl)c(Cl)cc2Cl)C1. The number of carbonyl (C=O) groups is 1. The van der Waals surface area contributed by atoms with Gasteiger partial charge in [0.05, 0.1) is 33.8 Å². The lowest BCUT2D eigenvalue weighted by molar-refractivity contribution is -0.120. The van der Waals surface area contributed by atoms with Gasteiger partial charge in [-0.2, -0.15) is 4.31 Å². The first kappa shape index (κ1) is 23.4. The molecule has 2 aromatic rings. The number of amides is 1. The predicted octanol–water partition coefficient (Wildman–Crippen LogP) is 5.35. The largest absolute Gasteiger partial charge is 0.495 e. The summed E-state index contributed by atoms with van der Waals surface area (Å²) in [6, 6.07) is 7.28. The van der Waals surface area contributed by atoms with Crippen LogP contribution in [0.25, 0.3) is 0 Å². The molecule has 1 fully saturated rings. The van der Waals surface area contributed by atoms with Gasteiger partial charge < -0.3 is 10.1 Å². The number of nitrogens with zero attached hydrogens (tertiary/aromatic N) is 1. The molecule has 0 aromatic heterocycles. The van der Waals surface area contributed by atoms with E-state index in [1.54, 1.807) is 6.07 Å². The van der Waals surface area contributed by atoms with E-state index in [9.17, 15) is 13.2 Å². The average Bonchev–Trinajstić information content (AvgIpc) is 2.72. The first-order valence-corrected chi connectivity index (χ1v) is 11.9. The van der Waals surface area contributed by atoms with Crippen molar-refractivity contribution in [3.05, 3.63) is 50.4 Å². The highest BCUT2D eigenvalue weighted by Crippen LogP contribution is 2.34. The van der Waals surface area contributed by atoms with E-state index in [2.05, 4.69) is 5.32 Å². The molecule has 0 unspecified atom stereocenters. The maximum atomic E-state index is 13.2. The maximum Gasteiger partial charge on any atom is 0.246 e. The van der Waals surface area contributed by atoms with Gasteiger partial charge >= 0.3 is 0 Å². The van der Waals surface area contributed by atoms with Gasteiger partial charge in [-0.05, 0) is 43.2 Å². The third-order valence-corrected chi connectivity index (χ3v) is 7.92. The molecule has 0 aliphatic carbocycles. The molecule has 1 aliphatic rings. The number of methoxy groups -OCH3 is 1. The van der Waals surface area contributed by atoms with Crippen molar-refractivity contribution < 1.29 is 17.9 Å². The van der Waals surface area contributed by atoms with Crippen molar-refractivity contribution in [1.29, 1.82) is 0 Å². The molecule has 1 heterocycles. The molecule has 1 N–H and O–H groups in total. The molecule has 0 bridgehead atoms. The van der Waals surface area contributed by atoms with Crippen molar-refractivity contribution in [1.82, 2.24) is 4.31 Å². The normalized spacial score (nSPS) is 17.6. The molecule has 0 radical (unpaired) electrons. The summed E-state index contributed by atoms with van der Waals surface area (Å²) in [7, 11) is -2.52. The van der Waals surface area contributed by atoms with Crippen molar-refractivity contribution in [2.24, 2.45) is 5.92 Å². The number of anilines is 1. The molecule has 11 heteroatoms. The number of halogens is 4. The van der Waals surface area contributed by atoms with E-state index < -0.39 is 15.9 Å². The Balaban J connectivity index is 1.81. The summed E-state index contributed by atoms with van der Waals surface area (Å²) in [5, 5.41) is 3.74. The van der Waals surface area contributed by atoms with Gasteiger partial charge in [-0.15, -0.1) is 0 Å². The fourth-order valence-electron chi connectivity index (χ4n) is 3.22. The Bertz CT molecular complexity index is 1080. The van der Waals surface area contributed by atoms with Gasteiger partial charge in [0.2, 0.25) is 15.9 Å². The molecule has 1 atom stereocenters. The van der Waals surface area contributed by atoms with Gasteiger partial charge in [0, 0.05) is 18.1 Å². The van der Waals surface area contributed by atoms with Crippen LogP contribution >= 0.6 is 46.4 Å². The Morgan fingerprint density at radius 1 is 1.10 bits per heavy atom. The average molecular weight is 512 g/mol. The topological polar surface area (TPSA) is 75.7 Å². The smallest absolute Gasteiger partial charge is 0.246 e. The first-order chi connectivity index (χ1) is 14.1. The van der Waals surface area contributed by atoms with Crippen LogP contribution in [0.2, 0.25) is 20.1 Å². The number of hydrogen-bond donors (Lipinski definition) is 1. The molecule has 1 saturated heterocycles. The zero-order valence-corrected chi connectivity index (χ0v) is 19.6. The van der Waals surface area contributed by atoms with Crippen molar-refractivity contribution in [3.8, 4) is 5.75 Å². The van der Waals surface area contributed by atoms with Gasteiger partial charge in [0.15, 0.2) is 0 Å². The Hall–Kier alpha value is -1.22. The number of hydrogen-bond acceptors (Lipinski definition) is 4. The molecule has 0 saturated carbocycles. The van der Waals surface area contributed by atoms with Gasteiger partial charge in [-0.3, -0.25) is 4.79 Å². The third-order valence-electron chi connectivity index (χ3n) is 4.77. The lowest BCUT2D eigenvalue weighted by Crippen LogP contribution is -2.43. The highest BCUT2D eigenvalue weighted by Gasteiger charge is 2.35. The van der Waals surface area contributed by atoms with Crippen LogP contribution in [0.5, 0.6) is 5.75 Å². The number of carbonyl (C=O) groups excluding carboxylic acids is 1. The van der Waals surface area contributed by atoms with Crippen LogP contribution < -0.4 is 10.1 Å². The Kier molecular flexibility index (Phi) is 7.43. The second kappa shape index (κ2) is 9.51. The van der Waals surface area contributed by atoms with Gasteiger partial charge in [0.1, 0.15) is 10.6 Å². The minimum Gasteiger partial charge on any atom is -0.495 e. The van der Waals surface area contributed by atoms with E-state index in [1.165, 1.54) is 35.7 Å². The summed E-state index contributed by atoms with van der Waals surface area (Å²) in [5.74, 6) is -0.731. The zero-order valence-electron chi connectivity index (χ0n) is 15.8. The standard InChI is InChI=1S/C19H18Cl4N2O4S/c1-29-17-5-4-12(20)7-18(17)30(27,28)25-6-2-3-11(10-25)19(26)24-16-9-14(22)13(21)8-15(16)23/h4-5,7-9,11H,2-3,6,10H2,1H3,(H,24,26)/t11-/m0/s1. The van der Waals surface area contributed by atoms with Crippen molar-refractivity contribution in [3.63, 3.8) is 0 Å². The minimum atomic E-state index is -3.91. The van der Waals surface area contributed by atoms with Crippen molar-refractivity contribution in [2.45, 2.75) is 17.7 Å². The molecular formula is C19H18Cl4N2O4S. The molecular weight excluding hydrogens is 494 g/mol. The van der Waals surface area contributed by atoms with Crippen LogP contribution in [0.15, 0.2) is 35.2 Å². The highest BCUT2D eigenvalue weighted by atomic mass is 35.5. The lowest BCUT2D eigenvalue weighted by Gasteiger charge is -2.31. The summed E-state index contributed by atoms with van der Waals surface area (Å²) < 4.78 is 32.8. The van der Waals surface area contributed by atoms with Crippen molar-refractivity contribution in [2.75, 3.05) is 25.5 Å². The minimum absolute atomic E-state index is 0.0166. The molecule has 30 heavy (non-hydrogen) atoms. The quantitative estimate of drug-likeness (QED) is 0.549. The van der Waals surface area contributed by atoms with Crippen LogP contribution in [-0.2, 0) is 14.8 Å². The van der Waals surface area contributed by atoms with Gasteiger partial charge in [-0.1, -0.05) is 46.4 Å². The fourth-order valence-corrected chi connectivity index (χ4v) is 5.76.